The van der Waals surface area contributed by atoms with E-state index in [1.807, 2.05) is 6.92 Å². The van der Waals surface area contributed by atoms with Crippen LogP contribution in [0, 0.1) is 0 Å². The highest BCUT2D eigenvalue weighted by molar-refractivity contribution is 9.10. The van der Waals surface area contributed by atoms with Gasteiger partial charge in [0.25, 0.3) is 5.91 Å². The SMILES string of the molecule is C[C@H]1CN(c2ccc(C(F)(F)F)cc2)C(=O)c2c(Br)cc(C=O)n21. The molecule has 0 spiro atoms. The van der Waals surface area contributed by atoms with Crippen molar-refractivity contribution in [2.75, 3.05) is 11.4 Å². The number of aldehydes is 1. The molecule has 24 heavy (non-hydrogen) atoms. The number of alkyl halides is 3. The number of carbonyl (C=O) groups is 2. The van der Waals surface area contributed by atoms with Crippen LogP contribution in [-0.4, -0.2) is 23.3 Å². The molecule has 0 radical (unpaired) electrons. The maximum atomic E-state index is 12.7. The molecular weight excluding hydrogens is 389 g/mol. The van der Waals surface area contributed by atoms with Gasteiger partial charge < -0.3 is 9.47 Å². The van der Waals surface area contributed by atoms with E-state index in [2.05, 4.69) is 15.9 Å². The number of anilines is 1. The molecule has 0 unspecified atom stereocenters. The van der Waals surface area contributed by atoms with Gasteiger partial charge in [-0.15, -0.1) is 0 Å². The predicted molar refractivity (Wildman–Crippen MR) is 85.4 cm³/mol. The number of hydrogen-bond acceptors (Lipinski definition) is 2. The highest BCUT2D eigenvalue weighted by atomic mass is 79.9. The number of carbonyl (C=O) groups excluding carboxylic acids is 2. The minimum absolute atomic E-state index is 0.188. The van der Waals surface area contributed by atoms with E-state index in [1.165, 1.54) is 17.0 Å². The largest absolute Gasteiger partial charge is 0.416 e. The third-order valence-electron chi connectivity index (χ3n) is 3.98. The molecule has 1 atom stereocenters. The maximum Gasteiger partial charge on any atom is 0.416 e. The molecule has 126 valence electrons. The molecule has 1 aliphatic heterocycles. The molecule has 2 aromatic rings. The lowest BCUT2D eigenvalue weighted by molar-refractivity contribution is -0.137. The van der Waals surface area contributed by atoms with Crippen LogP contribution in [0.25, 0.3) is 0 Å². The Hall–Kier alpha value is -2.09. The van der Waals surface area contributed by atoms with Gasteiger partial charge in [-0.1, -0.05) is 0 Å². The standard InChI is InChI=1S/C16H12BrF3N2O2/c1-9-7-21(11-4-2-10(3-5-11)16(18,19)20)15(24)14-13(17)6-12(8-23)22(9)14/h2-6,8-9H,7H2,1H3/t9-/m0/s1. The highest BCUT2D eigenvalue weighted by Gasteiger charge is 2.35. The highest BCUT2D eigenvalue weighted by Crippen LogP contribution is 2.35. The molecule has 0 aliphatic carbocycles. The van der Waals surface area contributed by atoms with Crippen LogP contribution in [0.5, 0.6) is 0 Å². The van der Waals surface area contributed by atoms with Gasteiger partial charge in [-0.25, -0.2) is 0 Å². The molecule has 1 amide bonds. The van der Waals surface area contributed by atoms with Crippen LogP contribution in [-0.2, 0) is 6.18 Å². The summed E-state index contributed by atoms with van der Waals surface area (Å²) in [5.74, 6) is -0.368. The molecule has 4 nitrogen and oxygen atoms in total. The summed E-state index contributed by atoms with van der Waals surface area (Å²) in [5.41, 5.74) is 0.309. The average molecular weight is 401 g/mol. The van der Waals surface area contributed by atoms with Gasteiger partial charge in [0.15, 0.2) is 6.29 Å². The van der Waals surface area contributed by atoms with Crippen LogP contribution in [0.2, 0.25) is 0 Å². The van der Waals surface area contributed by atoms with Gasteiger partial charge >= 0.3 is 6.18 Å². The molecule has 1 aromatic heterocycles. The molecule has 2 heterocycles. The lowest BCUT2D eigenvalue weighted by atomic mass is 10.1. The lowest BCUT2D eigenvalue weighted by Crippen LogP contribution is -2.42. The number of benzene rings is 1. The Morgan fingerprint density at radius 2 is 1.88 bits per heavy atom. The monoisotopic (exact) mass is 400 g/mol. The smallest absolute Gasteiger partial charge is 0.329 e. The van der Waals surface area contributed by atoms with Crippen molar-refractivity contribution in [1.29, 1.82) is 0 Å². The summed E-state index contributed by atoms with van der Waals surface area (Å²) < 4.78 is 40.1. The summed E-state index contributed by atoms with van der Waals surface area (Å²) in [4.78, 5) is 25.3. The average Bonchev–Trinajstić information content (AvgIpc) is 2.87. The van der Waals surface area contributed by atoms with Crippen LogP contribution in [0.1, 0.15) is 39.5 Å². The summed E-state index contributed by atoms with van der Waals surface area (Å²) in [6.07, 6.45) is -3.75. The molecule has 8 heteroatoms. The molecular formula is C16H12BrF3N2O2. The van der Waals surface area contributed by atoms with Crippen molar-refractivity contribution in [1.82, 2.24) is 4.57 Å². The molecule has 3 rings (SSSR count). The molecule has 1 aromatic carbocycles. The van der Waals surface area contributed by atoms with E-state index in [-0.39, 0.29) is 18.5 Å². The van der Waals surface area contributed by atoms with Crippen molar-refractivity contribution in [3.63, 3.8) is 0 Å². The van der Waals surface area contributed by atoms with Crippen LogP contribution in [0.15, 0.2) is 34.8 Å². The van der Waals surface area contributed by atoms with Crippen LogP contribution in [0.3, 0.4) is 0 Å². The van der Waals surface area contributed by atoms with Gasteiger partial charge in [0, 0.05) is 22.7 Å². The van der Waals surface area contributed by atoms with E-state index in [0.29, 0.717) is 27.8 Å². The van der Waals surface area contributed by atoms with Crippen molar-refractivity contribution < 1.29 is 22.8 Å². The maximum absolute atomic E-state index is 12.7. The number of amides is 1. The van der Waals surface area contributed by atoms with Gasteiger partial charge in [-0.05, 0) is 53.2 Å². The number of aromatic nitrogens is 1. The first kappa shape index (κ1) is 16.8. The molecule has 0 saturated carbocycles. The zero-order chi connectivity index (χ0) is 17.6. The van der Waals surface area contributed by atoms with Crippen molar-refractivity contribution >= 4 is 33.8 Å². The predicted octanol–water partition coefficient (Wildman–Crippen LogP) is 4.30. The third kappa shape index (κ3) is 2.64. The van der Waals surface area contributed by atoms with E-state index in [0.717, 1.165) is 12.1 Å². The summed E-state index contributed by atoms with van der Waals surface area (Å²) in [6, 6.07) is 5.83. The fraction of sp³-hybridized carbons (Fsp3) is 0.250. The van der Waals surface area contributed by atoms with E-state index >= 15 is 0 Å². The fourth-order valence-electron chi connectivity index (χ4n) is 2.89. The third-order valence-corrected chi connectivity index (χ3v) is 4.59. The Balaban J connectivity index is 2.01. The van der Waals surface area contributed by atoms with Gasteiger partial charge in [-0.3, -0.25) is 9.59 Å². The van der Waals surface area contributed by atoms with Gasteiger partial charge in [-0.2, -0.15) is 13.2 Å². The zero-order valence-electron chi connectivity index (χ0n) is 12.5. The van der Waals surface area contributed by atoms with Crippen LogP contribution < -0.4 is 4.90 Å². The van der Waals surface area contributed by atoms with Crippen molar-refractivity contribution in [2.45, 2.75) is 19.1 Å². The number of fused-ring (bicyclic) bond motifs is 1. The Kier molecular flexibility index (Phi) is 4.03. The fourth-order valence-corrected chi connectivity index (χ4v) is 3.49. The number of halogens is 4. The molecule has 0 bridgehead atoms. The number of nitrogens with zero attached hydrogens (tertiary/aromatic N) is 2. The van der Waals surface area contributed by atoms with Crippen molar-refractivity contribution in [2.24, 2.45) is 0 Å². The Bertz CT molecular complexity index is 812. The van der Waals surface area contributed by atoms with E-state index < -0.39 is 11.7 Å². The minimum atomic E-state index is -4.42. The first-order valence-corrected chi connectivity index (χ1v) is 7.88. The van der Waals surface area contributed by atoms with Gasteiger partial charge in [0.2, 0.25) is 0 Å². The molecule has 1 aliphatic rings. The van der Waals surface area contributed by atoms with Gasteiger partial charge in [0.05, 0.1) is 11.3 Å². The zero-order valence-corrected chi connectivity index (χ0v) is 14.1. The van der Waals surface area contributed by atoms with E-state index in [1.54, 1.807) is 10.6 Å². The minimum Gasteiger partial charge on any atom is -0.329 e. The number of hydrogen-bond donors (Lipinski definition) is 0. The lowest BCUT2D eigenvalue weighted by Gasteiger charge is -2.33. The topological polar surface area (TPSA) is 42.3 Å². The van der Waals surface area contributed by atoms with E-state index in [4.69, 9.17) is 0 Å². The van der Waals surface area contributed by atoms with Crippen LogP contribution in [0.4, 0.5) is 18.9 Å². The molecule has 0 saturated heterocycles. The Labute approximate surface area is 144 Å². The van der Waals surface area contributed by atoms with Crippen molar-refractivity contribution in [3.05, 3.63) is 51.8 Å². The van der Waals surface area contributed by atoms with Crippen LogP contribution >= 0.6 is 15.9 Å². The van der Waals surface area contributed by atoms with Gasteiger partial charge in [0.1, 0.15) is 5.69 Å². The normalized spacial score (nSPS) is 17.8. The Morgan fingerprint density at radius 1 is 1.25 bits per heavy atom. The Morgan fingerprint density at radius 3 is 2.42 bits per heavy atom. The number of rotatable bonds is 2. The summed E-state index contributed by atoms with van der Waals surface area (Å²) in [6.45, 7) is 2.10. The quantitative estimate of drug-likeness (QED) is 0.705. The first-order valence-electron chi connectivity index (χ1n) is 7.09. The first-order chi connectivity index (χ1) is 11.2. The summed E-state index contributed by atoms with van der Waals surface area (Å²) in [7, 11) is 0. The second-order valence-electron chi connectivity index (χ2n) is 5.56. The second kappa shape index (κ2) is 5.77. The summed E-state index contributed by atoms with van der Waals surface area (Å²) >= 11 is 3.27. The van der Waals surface area contributed by atoms with Crippen molar-refractivity contribution in [3.8, 4) is 0 Å². The molecule has 0 fully saturated rings. The second-order valence-corrected chi connectivity index (χ2v) is 6.42. The van der Waals surface area contributed by atoms with E-state index in [9.17, 15) is 22.8 Å². The molecule has 0 N–H and O–H groups in total. The summed E-state index contributed by atoms with van der Waals surface area (Å²) in [5, 5.41) is 0.